The molecule has 0 aromatic carbocycles. The summed E-state index contributed by atoms with van der Waals surface area (Å²) in [5, 5.41) is 0. The van der Waals surface area contributed by atoms with Crippen molar-refractivity contribution in [2.75, 3.05) is 31.6 Å². The van der Waals surface area contributed by atoms with Crippen LogP contribution >= 0.6 is 15.9 Å². The summed E-state index contributed by atoms with van der Waals surface area (Å²) in [6.45, 7) is 2.51. The standard InChI is InChI=1S/C16H17BrN4O2/c1-23-15-5-2-12(8-19-15)10-20-6-7-21(16(22)11-20)14-4-3-13(17)9-18-14/h2-5,8-9H,6-7,10-11H2,1H3. The van der Waals surface area contributed by atoms with Crippen LogP contribution in [0.5, 0.6) is 5.88 Å². The Morgan fingerprint density at radius 1 is 1.17 bits per heavy atom. The molecule has 2 aromatic heterocycles. The fourth-order valence-electron chi connectivity index (χ4n) is 2.51. The molecule has 0 bridgehead atoms. The van der Waals surface area contributed by atoms with E-state index in [1.807, 2.05) is 24.3 Å². The van der Waals surface area contributed by atoms with E-state index in [1.165, 1.54) is 0 Å². The third-order valence-corrected chi connectivity index (χ3v) is 4.17. The Balaban J connectivity index is 1.61. The zero-order chi connectivity index (χ0) is 16.2. The lowest BCUT2D eigenvalue weighted by molar-refractivity contribution is -0.121. The number of aromatic nitrogens is 2. The number of ether oxygens (including phenoxy) is 1. The number of hydrogen-bond donors (Lipinski definition) is 0. The molecule has 3 heterocycles. The van der Waals surface area contributed by atoms with Crippen molar-refractivity contribution >= 4 is 27.7 Å². The number of anilines is 1. The van der Waals surface area contributed by atoms with E-state index in [1.54, 1.807) is 24.4 Å². The van der Waals surface area contributed by atoms with Gasteiger partial charge in [0.05, 0.1) is 13.7 Å². The minimum atomic E-state index is 0.0625. The number of nitrogens with zero attached hydrogens (tertiary/aromatic N) is 4. The largest absolute Gasteiger partial charge is 0.481 e. The maximum Gasteiger partial charge on any atom is 0.242 e. The van der Waals surface area contributed by atoms with Crippen molar-refractivity contribution in [2.45, 2.75) is 6.54 Å². The van der Waals surface area contributed by atoms with Crippen LogP contribution in [0.25, 0.3) is 0 Å². The summed E-state index contributed by atoms with van der Waals surface area (Å²) in [5.74, 6) is 1.35. The molecule has 6 nitrogen and oxygen atoms in total. The second kappa shape index (κ2) is 7.06. The van der Waals surface area contributed by atoms with E-state index in [0.717, 1.165) is 16.6 Å². The Bertz CT molecular complexity index is 675. The summed E-state index contributed by atoms with van der Waals surface area (Å²) < 4.78 is 5.95. The van der Waals surface area contributed by atoms with Crippen molar-refractivity contribution in [1.29, 1.82) is 0 Å². The van der Waals surface area contributed by atoms with E-state index >= 15 is 0 Å². The average Bonchev–Trinajstić information content (AvgIpc) is 2.57. The van der Waals surface area contributed by atoms with E-state index in [9.17, 15) is 4.79 Å². The number of rotatable bonds is 4. The number of methoxy groups -OCH3 is 1. The third-order valence-electron chi connectivity index (χ3n) is 3.70. The van der Waals surface area contributed by atoms with Crippen molar-refractivity contribution in [2.24, 2.45) is 0 Å². The van der Waals surface area contributed by atoms with Crippen LogP contribution in [-0.2, 0) is 11.3 Å². The lowest BCUT2D eigenvalue weighted by atomic mass is 10.2. The Morgan fingerprint density at radius 3 is 2.65 bits per heavy atom. The molecule has 1 aliphatic rings. The predicted molar refractivity (Wildman–Crippen MR) is 90.4 cm³/mol. The first-order valence-electron chi connectivity index (χ1n) is 7.29. The topological polar surface area (TPSA) is 58.6 Å². The molecule has 1 amide bonds. The molecule has 0 N–H and O–H groups in total. The van der Waals surface area contributed by atoms with Crippen LogP contribution in [-0.4, -0.2) is 47.5 Å². The molecular weight excluding hydrogens is 360 g/mol. The molecule has 0 spiro atoms. The van der Waals surface area contributed by atoms with Crippen molar-refractivity contribution in [3.8, 4) is 5.88 Å². The molecule has 2 aromatic rings. The molecular formula is C16H17BrN4O2. The van der Waals surface area contributed by atoms with Crippen LogP contribution in [0.4, 0.5) is 5.82 Å². The molecule has 0 radical (unpaired) electrons. The quantitative estimate of drug-likeness (QED) is 0.817. The monoisotopic (exact) mass is 376 g/mol. The molecule has 23 heavy (non-hydrogen) atoms. The van der Waals surface area contributed by atoms with Crippen LogP contribution in [0, 0.1) is 0 Å². The van der Waals surface area contributed by atoms with Gasteiger partial charge in [-0.1, -0.05) is 6.07 Å². The van der Waals surface area contributed by atoms with Gasteiger partial charge in [-0.05, 0) is 33.6 Å². The molecule has 0 saturated carbocycles. The molecule has 0 aliphatic carbocycles. The SMILES string of the molecule is COc1ccc(CN2CCN(c3ccc(Br)cn3)C(=O)C2)cn1. The third kappa shape index (κ3) is 3.86. The van der Waals surface area contributed by atoms with Gasteiger partial charge in [-0.25, -0.2) is 9.97 Å². The van der Waals surface area contributed by atoms with Crippen LogP contribution in [0.3, 0.4) is 0 Å². The minimum absolute atomic E-state index is 0.0625. The van der Waals surface area contributed by atoms with Gasteiger partial charge in [-0.3, -0.25) is 14.6 Å². The zero-order valence-corrected chi connectivity index (χ0v) is 14.4. The Labute approximate surface area is 143 Å². The molecule has 7 heteroatoms. The predicted octanol–water partition coefficient (Wildman–Crippen LogP) is 2.10. The van der Waals surface area contributed by atoms with Gasteiger partial charge in [0, 0.05) is 42.6 Å². The number of halogens is 1. The highest BCUT2D eigenvalue weighted by atomic mass is 79.9. The summed E-state index contributed by atoms with van der Waals surface area (Å²) in [6.07, 6.45) is 3.49. The number of piperazine rings is 1. The van der Waals surface area contributed by atoms with Gasteiger partial charge in [0.15, 0.2) is 0 Å². The van der Waals surface area contributed by atoms with Crippen LogP contribution < -0.4 is 9.64 Å². The fourth-order valence-corrected chi connectivity index (χ4v) is 2.74. The van der Waals surface area contributed by atoms with Gasteiger partial charge in [-0.2, -0.15) is 0 Å². The second-order valence-corrected chi connectivity index (χ2v) is 6.22. The Morgan fingerprint density at radius 2 is 2.04 bits per heavy atom. The van der Waals surface area contributed by atoms with Crippen LogP contribution in [0.2, 0.25) is 0 Å². The normalized spacial score (nSPS) is 15.7. The van der Waals surface area contributed by atoms with Crippen LogP contribution in [0.15, 0.2) is 41.1 Å². The van der Waals surface area contributed by atoms with E-state index in [0.29, 0.717) is 31.3 Å². The molecule has 3 rings (SSSR count). The van der Waals surface area contributed by atoms with E-state index in [4.69, 9.17) is 4.74 Å². The van der Waals surface area contributed by atoms with Crippen molar-refractivity contribution < 1.29 is 9.53 Å². The fraction of sp³-hybridized carbons (Fsp3) is 0.312. The molecule has 0 atom stereocenters. The van der Waals surface area contributed by atoms with Crippen LogP contribution in [0.1, 0.15) is 5.56 Å². The lowest BCUT2D eigenvalue weighted by Gasteiger charge is -2.33. The van der Waals surface area contributed by atoms with E-state index in [-0.39, 0.29) is 5.91 Å². The van der Waals surface area contributed by atoms with Gasteiger partial charge < -0.3 is 4.74 Å². The van der Waals surface area contributed by atoms with Crippen molar-refractivity contribution in [3.63, 3.8) is 0 Å². The number of hydrogen-bond acceptors (Lipinski definition) is 5. The average molecular weight is 377 g/mol. The Kier molecular flexibility index (Phi) is 4.88. The first-order valence-corrected chi connectivity index (χ1v) is 8.08. The number of amides is 1. The molecule has 1 fully saturated rings. The molecule has 1 saturated heterocycles. The highest BCUT2D eigenvalue weighted by Gasteiger charge is 2.25. The first-order chi connectivity index (χ1) is 11.2. The van der Waals surface area contributed by atoms with E-state index < -0.39 is 0 Å². The highest BCUT2D eigenvalue weighted by molar-refractivity contribution is 9.10. The van der Waals surface area contributed by atoms with Gasteiger partial charge in [-0.15, -0.1) is 0 Å². The molecule has 1 aliphatic heterocycles. The van der Waals surface area contributed by atoms with E-state index in [2.05, 4.69) is 30.8 Å². The van der Waals surface area contributed by atoms with Crippen molar-refractivity contribution in [3.05, 3.63) is 46.7 Å². The first kappa shape index (κ1) is 15.9. The van der Waals surface area contributed by atoms with Gasteiger partial charge >= 0.3 is 0 Å². The highest BCUT2D eigenvalue weighted by Crippen LogP contribution is 2.18. The summed E-state index contributed by atoms with van der Waals surface area (Å²) in [4.78, 5) is 24.7. The van der Waals surface area contributed by atoms with Gasteiger partial charge in [0.2, 0.25) is 11.8 Å². The lowest BCUT2D eigenvalue weighted by Crippen LogP contribution is -2.50. The summed E-state index contributed by atoms with van der Waals surface area (Å²) >= 11 is 3.35. The zero-order valence-electron chi connectivity index (χ0n) is 12.8. The number of carbonyl (C=O) groups excluding carboxylic acids is 1. The van der Waals surface area contributed by atoms with Gasteiger partial charge in [0.1, 0.15) is 5.82 Å². The maximum absolute atomic E-state index is 12.4. The Hall–Kier alpha value is -1.99. The second-order valence-electron chi connectivity index (χ2n) is 5.30. The summed E-state index contributed by atoms with van der Waals surface area (Å²) in [5.41, 5.74) is 1.06. The van der Waals surface area contributed by atoms with Gasteiger partial charge in [0.25, 0.3) is 0 Å². The maximum atomic E-state index is 12.4. The summed E-state index contributed by atoms with van der Waals surface area (Å²) in [6, 6.07) is 7.55. The minimum Gasteiger partial charge on any atom is -0.481 e. The number of pyridine rings is 2. The van der Waals surface area contributed by atoms with Crippen molar-refractivity contribution in [1.82, 2.24) is 14.9 Å². The summed E-state index contributed by atoms with van der Waals surface area (Å²) in [7, 11) is 1.59. The smallest absolute Gasteiger partial charge is 0.242 e. The number of carbonyl (C=O) groups is 1. The molecule has 0 unspecified atom stereocenters. The molecule has 120 valence electrons.